The Hall–Kier alpha value is -5.40. The molecule has 0 saturated carbocycles. The van der Waals surface area contributed by atoms with Crippen LogP contribution in [0.3, 0.4) is 0 Å². The average Bonchev–Trinajstić information content (AvgIpc) is 3.87. The number of anilines is 1. The Morgan fingerprint density at radius 1 is 1.00 bits per heavy atom. The van der Waals surface area contributed by atoms with E-state index in [-0.39, 0.29) is 18.4 Å². The number of nitrogens with zero attached hydrogens (tertiary/aromatic N) is 7. The Bertz CT molecular complexity index is 2000. The molecular weight excluding hydrogens is 610 g/mol. The van der Waals surface area contributed by atoms with Crippen LogP contribution in [-0.4, -0.2) is 104 Å². The number of pyridine rings is 1. The van der Waals surface area contributed by atoms with Crippen LogP contribution in [0.2, 0.25) is 0 Å². The van der Waals surface area contributed by atoms with E-state index in [0.29, 0.717) is 50.0 Å². The van der Waals surface area contributed by atoms with Gasteiger partial charge in [0.05, 0.1) is 19.2 Å². The van der Waals surface area contributed by atoms with E-state index < -0.39 is 5.60 Å². The van der Waals surface area contributed by atoms with E-state index in [1.165, 1.54) is 5.57 Å². The lowest BCUT2D eigenvalue weighted by Gasteiger charge is -2.30. The minimum absolute atomic E-state index is 0.0415. The highest BCUT2D eigenvalue weighted by Gasteiger charge is 2.45. The fourth-order valence-electron chi connectivity index (χ4n) is 6.42. The second kappa shape index (κ2) is 13.0. The van der Waals surface area contributed by atoms with Crippen LogP contribution in [0.1, 0.15) is 18.4 Å². The fraction of sp³-hybridized carbons (Fsp3) is 0.314. The van der Waals surface area contributed by atoms with Crippen molar-refractivity contribution in [1.82, 2.24) is 39.7 Å². The highest BCUT2D eigenvalue weighted by Crippen LogP contribution is 2.32. The molecule has 2 aromatic carbocycles. The fourth-order valence-corrected chi connectivity index (χ4v) is 6.42. The minimum Gasteiger partial charge on any atom is -0.481 e. The maximum absolute atomic E-state index is 13.7. The zero-order chi connectivity index (χ0) is 33.3. The molecule has 0 radical (unpaired) electrons. The number of nitrogens with one attached hydrogen (secondary N) is 2. The Morgan fingerprint density at radius 3 is 2.56 bits per heavy atom. The Kier molecular flexibility index (Phi) is 8.46. The van der Waals surface area contributed by atoms with Crippen molar-refractivity contribution in [2.45, 2.75) is 18.4 Å². The summed E-state index contributed by atoms with van der Waals surface area (Å²) >= 11 is 0. The van der Waals surface area contributed by atoms with Crippen LogP contribution in [0.25, 0.3) is 39.1 Å². The first-order valence-electron chi connectivity index (χ1n) is 15.8. The number of aromatic nitrogens is 6. The molecular formula is C35H37N9O4. The summed E-state index contributed by atoms with van der Waals surface area (Å²) < 4.78 is 12.8. The number of ether oxygens (including phenoxy) is 2. The topological polar surface area (TPSA) is 143 Å². The molecule has 0 aliphatic carbocycles. The Labute approximate surface area is 277 Å². The number of aromatic amines is 1. The normalized spacial score (nSPS) is 18.2. The third-order valence-electron chi connectivity index (χ3n) is 9.19. The molecule has 2 aliphatic heterocycles. The minimum atomic E-state index is -1.07. The number of carbonyl (C=O) groups is 2. The predicted octanol–water partition coefficient (Wildman–Crippen LogP) is 3.77. The highest BCUT2D eigenvalue weighted by molar-refractivity contribution is 6.01. The summed E-state index contributed by atoms with van der Waals surface area (Å²) in [7, 11) is 4.97. The summed E-state index contributed by atoms with van der Waals surface area (Å²) in [6, 6.07) is 17.5. The number of hydrogen-bond donors (Lipinski definition) is 2. The number of benzene rings is 2. The standard InChI is InChI=1S/C35H37N9O4/c1-42-22-37-33(41-42)25-6-4-23(5-7-25)24-11-15-44(16-12-24)31(45)20-43-17-13-35(21-43,48-3)34(46)38-27-8-9-29-28(19-27)32(40-39-29)26-10-14-36-30(18-26)47-2/h4-11,14,18-19,22H,12-13,15-17,20-21H2,1-3H3,(H,38,46)(H,39,40)/t35-/m0/s1. The van der Waals surface area contributed by atoms with Gasteiger partial charge in [-0.25, -0.2) is 9.97 Å². The van der Waals surface area contributed by atoms with Crippen LogP contribution < -0.4 is 10.1 Å². The number of methoxy groups -OCH3 is 2. The largest absolute Gasteiger partial charge is 0.481 e. The number of likely N-dealkylation sites (tertiary alicyclic amines) is 1. The summed E-state index contributed by atoms with van der Waals surface area (Å²) in [5.41, 5.74) is 5.28. The highest BCUT2D eigenvalue weighted by atomic mass is 16.5. The van der Waals surface area contributed by atoms with Gasteiger partial charge in [0, 0.05) is 74.8 Å². The molecule has 13 heteroatoms. The van der Waals surface area contributed by atoms with Gasteiger partial charge in [-0.3, -0.25) is 24.3 Å². The van der Waals surface area contributed by atoms with Crippen molar-refractivity contribution >= 4 is 34.0 Å². The van der Waals surface area contributed by atoms with Crippen LogP contribution in [0.15, 0.2) is 73.2 Å². The van der Waals surface area contributed by atoms with Crippen molar-refractivity contribution in [3.8, 4) is 28.5 Å². The molecule has 246 valence electrons. The van der Waals surface area contributed by atoms with Crippen molar-refractivity contribution in [3.63, 3.8) is 0 Å². The van der Waals surface area contributed by atoms with Crippen molar-refractivity contribution < 1.29 is 19.1 Å². The average molecular weight is 648 g/mol. The van der Waals surface area contributed by atoms with Gasteiger partial charge in [-0.05, 0) is 48.2 Å². The van der Waals surface area contributed by atoms with Crippen LogP contribution in [0.5, 0.6) is 5.88 Å². The molecule has 0 bridgehead atoms. The summed E-state index contributed by atoms with van der Waals surface area (Å²) in [5, 5.41) is 15.8. The molecule has 48 heavy (non-hydrogen) atoms. The number of fused-ring (bicyclic) bond motifs is 1. The van der Waals surface area contributed by atoms with Crippen molar-refractivity contribution in [2.75, 3.05) is 52.3 Å². The summed E-state index contributed by atoms with van der Waals surface area (Å²) in [6.45, 7) is 2.32. The molecule has 0 spiro atoms. The number of hydrogen-bond acceptors (Lipinski definition) is 9. The summed E-state index contributed by atoms with van der Waals surface area (Å²) in [4.78, 5) is 39.4. The van der Waals surface area contributed by atoms with E-state index in [1.807, 2.05) is 59.3 Å². The van der Waals surface area contributed by atoms with Gasteiger partial charge in [-0.15, -0.1) is 0 Å². The first-order valence-corrected chi connectivity index (χ1v) is 15.8. The van der Waals surface area contributed by atoms with Gasteiger partial charge in [0.1, 0.15) is 12.0 Å². The van der Waals surface area contributed by atoms with Gasteiger partial charge in [-0.1, -0.05) is 30.3 Å². The van der Waals surface area contributed by atoms with Crippen LogP contribution >= 0.6 is 0 Å². The number of rotatable bonds is 9. The van der Waals surface area contributed by atoms with Gasteiger partial charge in [0.25, 0.3) is 5.91 Å². The third-order valence-corrected chi connectivity index (χ3v) is 9.19. The smallest absolute Gasteiger partial charge is 0.258 e. The van der Waals surface area contributed by atoms with E-state index in [2.05, 4.69) is 48.8 Å². The quantitative estimate of drug-likeness (QED) is 0.244. The van der Waals surface area contributed by atoms with E-state index in [0.717, 1.165) is 39.7 Å². The lowest BCUT2D eigenvalue weighted by molar-refractivity contribution is -0.138. The molecule has 13 nitrogen and oxygen atoms in total. The van der Waals surface area contributed by atoms with Crippen LogP contribution in [0.4, 0.5) is 5.69 Å². The number of carbonyl (C=O) groups excluding carboxylic acids is 2. The van der Waals surface area contributed by atoms with Crippen molar-refractivity contribution in [3.05, 3.63) is 78.8 Å². The second-order valence-electron chi connectivity index (χ2n) is 12.2. The lowest BCUT2D eigenvalue weighted by Crippen LogP contribution is -2.48. The molecule has 0 unspecified atom stereocenters. The number of amides is 2. The Balaban J connectivity index is 0.963. The molecule has 2 amide bonds. The molecule has 7 rings (SSSR count). The van der Waals surface area contributed by atoms with Gasteiger partial charge in [-0.2, -0.15) is 10.2 Å². The second-order valence-corrected chi connectivity index (χ2v) is 12.2. The molecule has 1 atom stereocenters. The van der Waals surface area contributed by atoms with Gasteiger partial charge in [0.15, 0.2) is 11.4 Å². The van der Waals surface area contributed by atoms with Crippen molar-refractivity contribution in [1.29, 1.82) is 0 Å². The van der Waals surface area contributed by atoms with Gasteiger partial charge in [0.2, 0.25) is 11.8 Å². The van der Waals surface area contributed by atoms with E-state index in [4.69, 9.17) is 9.47 Å². The Morgan fingerprint density at radius 2 is 1.83 bits per heavy atom. The molecule has 5 aromatic rings. The number of H-pyrrole nitrogens is 1. The molecule has 3 aromatic heterocycles. The maximum atomic E-state index is 13.7. The van der Waals surface area contributed by atoms with E-state index in [9.17, 15) is 9.59 Å². The van der Waals surface area contributed by atoms with Crippen LogP contribution in [-0.2, 0) is 21.4 Å². The maximum Gasteiger partial charge on any atom is 0.258 e. The first-order chi connectivity index (χ1) is 23.3. The molecule has 2 N–H and O–H groups in total. The SMILES string of the molecule is COc1cc(-c2n[nH]c3ccc(NC(=O)[C@]4(OC)CCN(CC(=O)N5CC=C(c6ccc(-c7ncn(C)n7)cc6)CC5)C4)cc23)ccn1. The van der Waals surface area contributed by atoms with Gasteiger partial charge < -0.3 is 19.7 Å². The molecule has 2 aliphatic rings. The molecule has 1 fully saturated rings. The third kappa shape index (κ3) is 6.17. The lowest BCUT2D eigenvalue weighted by atomic mass is 9.98. The monoisotopic (exact) mass is 647 g/mol. The zero-order valence-corrected chi connectivity index (χ0v) is 27.1. The van der Waals surface area contributed by atoms with E-state index >= 15 is 0 Å². The zero-order valence-electron chi connectivity index (χ0n) is 27.1. The van der Waals surface area contributed by atoms with Crippen LogP contribution in [0, 0.1) is 0 Å². The van der Waals surface area contributed by atoms with Gasteiger partial charge >= 0.3 is 0 Å². The van der Waals surface area contributed by atoms with E-state index in [1.54, 1.807) is 31.4 Å². The predicted molar refractivity (Wildman–Crippen MR) is 181 cm³/mol. The number of aryl methyl sites for hydroxylation is 1. The summed E-state index contributed by atoms with van der Waals surface area (Å²) in [6.07, 6.45) is 6.73. The van der Waals surface area contributed by atoms with Crippen molar-refractivity contribution in [2.24, 2.45) is 7.05 Å². The summed E-state index contributed by atoms with van der Waals surface area (Å²) in [5.74, 6) is 0.982. The molecule has 5 heterocycles. The first kappa shape index (κ1) is 31.2. The molecule has 1 saturated heterocycles.